The topological polar surface area (TPSA) is 108 Å². The molecule has 0 aliphatic heterocycles. The van der Waals surface area contributed by atoms with Gasteiger partial charge in [0.1, 0.15) is 0 Å². The standard InChI is InChI=1S/C24H38N2O5/c1-17(2)23(30)25-13-6-7-18(3)31-14-12-24(4,5)16-26-22(29)11-9-19-8-10-20(27)21(28)15-19/h8,10,15,18,27-28H,1,6-7,9,11-14,16H2,2-5H3,(H,25,30)(H,26,29). The third-order valence-electron chi connectivity index (χ3n) is 5.09. The summed E-state index contributed by atoms with van der Waals surface area (Å²) in [6, 6.07) is 4.59. The first-order valence-corrected chi connectivity index (χ1v) is 10.8. The van der Waals surface area contributed by atoms with Crippen LogP contribution in [0.25, 0.3) is 0 Å². The first kappa shape index (κ1) is 26.5. The van der Waals surface area contributed by atoms with Crippen molar-refractivity contribution >= 4 is 11.8 Å². The molecule has 0 aliphatic carbocycles. The highest BCUT2D eigenvalue weighted by Crippen LogP contribution is 2.25. The maximum atomic E-state index is 12.1. The fourth-order valence-electron chi connectivity index (χ4n) is 2.86. The summed E-state index contributed by atoms with van der Waals surface area (Å²) >= 11 is 0. The van der Waals surface area contributed by atoms with Gasteiger partial charge in [0.25, 0.3) is 0 Å². The normalized spacial score (nSPS) is 12.3. The molecule has 0 radical (unpaired) electrons. The Morgan fingerprint density at radius 3 is 2.55 bits per heavy atom. The zero-order valence-corrected chi connectivity index (χ0v) is 19.3. The summed E-state index contributed by atoms with van der Waals surface area (Å²) in [5.41, 5.74) is 1.21. The largest absolute Gasteiger partial charge is 0.504 e. The van der Waals surface area contributed by atoms with E-state index in [4.69, 9.17) is 4.74 Å². The Hall–Kier alpha value is -2.54. The van der Waals surface area contributed by atoms with E-state index in [1.165, 1.54) is 12.1 Å². The first-order valence-electron chi connectivity index (χ1n) is 10.8. The molecule has 1 unspecified atom stereocenters. The van der Waals surface area contributed by atoms with Crippen LogP contribution < -0.4 is 10.6 Å². The summed E-state index contributed by atoms with van der Waals surface area (Å²) in [7, 11) is 0. The molecule has 0 fully saturated rings. The molecule has 0 heterocycles. The Kier molecular flexibility index (Phi) is 11.1. The second-order valence-electron chi connectivity index (χ2n) is 8.87. The molecule has 2 amide bonds. The highest BCUT2D eigenvalue weighted by atomic mass is 16.5. The van der Waals surface area contributed by atoms with Crippen LogP contribution in [0.3, 0.4) is 0 Å². The minimum atomic E-state index is -0.176. The van der Waals surface area contributed by atoms with Crippen LogP contribution in [-0.4, -0.2) is 47.8 Å². The Labute approximate surface area is 185 Å². The van der Waals surface area contributed by atoms with Crippen LogP contribution in [-0.2, 0) is 20.7 Å². The predicted molar refractivity (Wildman–Crippen MR) is 122 cm³/mol. The van der Waals surface area contributed by atoms with Crippen molar-refractivity contribution in [2.75, 3.05) is 19.7 Å². The summed E-state index contributed by atoms with van der Waals surface area (Å²) in [5.74, 6) is -0.503. The molecule has 0 bridgehead atoms. The van der Waals surface area contributed by atoms with E-state index in [1.807, 2.05) is 6.92 Å². The molecular weight excluding hydrogens is 396 g/mol. The molecule has 0 saturated carbocycles. The molecule has 7 heteroatoms. The van der Waals surface area contributed by atoms with E-state index < -0.39 is 0 Å². The van der Waals surface area contributed by atoms with Crippen molar-refractivity contribution < 1.29 is 24.5 Å². The molecule has 0 aromatic heterocycles. The third kappa shape index (κ3) is 11.4. The summed E-state index contributed by atoms with van der Waals surface area (Å²) < 4.78 is 5.88. The van der Waals surface area contributed by atoms with E-state index in [2.05, 4.69) is 31.1 Å². The second-order valence-corrected chi connectivity index (χ2v) is 8.87. The number of carbonyl (C=O) groups excluding carboxylic acids is 2. The fourth-order valence-corrected chi connectivity index (χ4v) is 2.86. The molecule has 1 aromatic carbocycles. The number of hydrogen-bond donors (Lipinski definition) is 4. The number of nitrogens with one attached hydrogen (secondary N) is 2. The number of aromatic hydroxyl groups is 2. The average molecular weight is 435 g/mol. The summed E-state index contributed by atoms with van der Waals surface area (Å²) in [6.45, 7) is 13.3. The average Bonchev–Trinajstić information content (AvgIpc) is 2.70. The monoisotopic (exact) mass is 434 g/mol. The molecule has 174 valence electrons. The van der Waals surface area contributed by atoms with Crippen LogP contribution in [0, 0.1) is 5.41 Å². The number of phenolic OH excluding ortho intramolecular Hbond substituents is 2. The number of hydrogen-bond acceptors (Lipinski definition) is 5. The molecule has 31 heavy (non-hydrogen) atoms. The lowest BCUT2D eigenvalue weighted by molar-refractivity contribution is -0.121. The molecule has 0 spiro atoms. The molecule has 4 N–H and O–H groups in total. The summed E-state index contributed by atoms with van der Waals surface area (Å²) in [6.07, 6.45) is 3.44. The van der Waals surface area contributed by atoms with Crippen LogP contribution >= 0.6 is 0 Å². The SMILES string of the molecule is C=C(C)C(=O)NCCCC(C)OCCC(C)(C)CNC(=O)CCc1ccc(O)c(O)c1. The van der Waals surface area contributed by atoms with Crippen LogP contribution in [0.4, 0.5) is 0 Å². The first-order chi connectivity index (χ1) is 14.5. The van der Waals surface area contributed by atoms with Gasteiger partial charge in [0, 0.05) is 31.7 Å². The van der Waals surface area contributed by atoms with Crippen molar-refractivity contribution in [3.05, 3.63) is 35.9 Å². The van der Waals surface area contributed by atoms with Gasteiger partial charge in [-0.05, 0) is 62.6 Å². The molecular formula is C24H38N2O5. The maximum Gasteiger partial charge on any atom is 0.246 e. The van der Waals surface area contributed by atoms with Crippen LogP contribution in [0.15, 0.2) is 30.4 Å². The third-order valence-corrected chi connectivity index (χ3v) is 5.09. The van der Waals surface area contributed by atoms with Crippen LogP contribution in [0.1, 0.15) is 58.9 Å². The Morgan fingerprint density at radius 2 is 1.90 bits per heavy atom. The quantitative estimate of drug-likeness (QED) is 0.204. The number of ether oxygens (including phenoxy) is 1. The van der Waals surface area contributed by atoms with E-state index in [-0.39, 0.29) is 34.8 Å². The number of phenols is 2. The zero-order valence-electron chi connectivity index (χ0n) is 19.3. The van der Waals surface area contributed by atoms with E-state index in [9.17, 15) is 19.8 Å². The zero-order chi connectivity index (χ0) is 23.4. The lowest BCUT2D eigenvalue weighted by Gasteiger charge is -2.26. The molecule has 7 nitrogen and oxygen atoms in total. The predicted octanol–water partition coefficient (Wildman–Crippen LogP) is 3.44. The minimum absolute atomic E-state index is 0.0493. The van der Waals surface area contributed by atoms with Gasteiger partial charge < -0.3 is 25.6 Å². The van der Waals surface area contributed by atoms with Crippen molar-refractivity contribution in [3.63, 3.8) is 0 Å². The van der Waals surface area contributed by atoms with Gasteiger partial charge in [-0.25, -0.2) is 0 Å². The summed E-state index contributed by atoms with van der Waals surface area (Å²) in [5, 5.41) is 24.6. The smallest absolute Gasteiger partial charge is 0.246 e. The van der Waals surface area contributed by atoms with Crippen LogP contribution in [0.5, 0.6) is 11.5 Å². The number of amides is 2. The van der Waals surface area contributed by atoms with Crippen molar-refractivity contribution in [1.29, 1.82) is 0 Å². The Balaban J connectivity index is 2.19. The maximum absolute atomic E-state index is 12.1. The van der Waals surface area contributed by atoms with Gasteiger partial charge in [0.15, 0.2) is 11.5 Å². The number of aryl methyl sites for hydroxylation is 1. The lowest BCUT2D eigenvalue weighted by atomic mass is 9.89. The number of rotatable bonds is 14. The van der Waals surface area contributed by atoms with Crippen molar-refractivity contribution in [2.45, 2.75) is 65.9 Å². The van der Waals surface area contributed by atoms with Gasteiger partial charge in [-0.2, -0.15) is 0 Å². The molecule has 0 aliphatic rings. The molecule has 1 aromatic rings. The van der Waals surface area contributed by atoms with E-state index in [0.717, 1.165) is 24.8 Å². The minimum Gasteiger partial charge on any atom is -0.504 e. The molecule has 0 saturated heterocycles. The van der Waals surface area contributed by atoms with Crippen molar-refractivity contribution in [2.24, 2.45) is 5.41 Å². The van der Waals surface area contributed by atoms with Gasteiger partial charge in [-0.15, -0.1) is 0 Å². The second kappa shape index (κ2) is 13.0. The van der Waals surface area contributed by atoms with E-state index >= 15 is 0 Å². The van der Waals surface area contributed by atoms with Gasteiger partial charge in [-0.1, -0.05) is 26.5 Å². The molecule has 1 rings (SSSR count). The van der Waals surface area contributed by atoms with Gasteiger partial charge >= 0.3 is 0 Å². The van der Waals surface area contributed by atoms with Crippen LogP contribution in [0.2, 0.25) is 0 Å². The highest BCUT2D eigenvalue weighted by Gasteiger charge is 2.19. The lowest BCUT2D eigenvalue weighted by Crippen LogP contribution is -2.35. The van der Waals surface area contributed by atoms with Crippen molar-refractivity contribution in [1.82, 2.24) is 10.6 Å². The van der Waals surface area contributed by atoms with Gasteiger partial charge in [0.2, 0.25) is 11.8 Å². The Morgan fingerprint density at radius 1 is 1.19 bits per heavy atom. The van der Waals surface area contributed by atoms with Crippen molar-refractivity contribution in [3.8, 4) is 11.5 Å². The fraction of sp³-hybridized carbons (Fsp3) is 0.583. The summed E-state index contributed by atoms with van der Waals surface area (Å²) in [4.78, 5) is 23.6. The number of benzene rings is 1. The molecule has 1 atom stereocenters. The number of carbonyl (C=O) groups is 2. The Bertz CT molecular complexity index is 745. The highest BCUT2D eigenvalue weighted by molar-refractivity contribution is 5.92. The van der Waals surface area contributed by atoms with Gasteiger partial charge in [-0.3, -0.25) is 9.59 Å². The van der Waals surface area contributed by atoms with Gasteiger partial charge in [0.05, 0.1) is 6.10 Å². The van der Waals surface area contributed by atoms with E-state index in [0.29, 0.717) is 38.1 Å². The van der Waals surface area contributed by atoms with E-state index in [1.54, 1.807) is 13.0 Å².